The quantitative estimate of drug-likeness (QED) is 0.201. The second kappa shape index (κ2) is 12.6. The number of amides is 1. The van der Waals surface area contributed by atoms with Gasteiger partial charge in [0.25, 0.3) is 5.91 Å². The zero-order valence-corrected chi connectivity index (χ0v) is 24.1. The highest BCUT2D eigenvalue weighted by molar-refractivity contribution is 7.14. The summed E-state index contributed by atoms with van der Waals surface area (Å²) in [5.41, 5.74) is 3.59. The molecule has 42 heavy (non-hydrogen) atoms. The number of hydrogen-bond donors (Lipinski definition) is 1. The van der Waals surface area contributed by atoms with Crippen LogP contribution in [0.3, 0.4) is 0 Å². The minimum Gasteiger partial charge on any atom is -0.493 e. The number of ether oxygens (including phenoxy) is 5. The molecule has 2 heterocycles. The lowest BCUT2D eigenvalue weighted by molar-refractivity contribution is -0.119. The number of hydrogen-bond acceptors (Lipinski definition) is 10. The van der Waals surface area contributed by atoms with Crippen LogP contribution >= 0.6 is 11.3 Å². The van der Waals surface area contributed by atoms with Crippen molar-refractivity contribution < 1.29 is 33.3 Å². The Morgan fingerprint density at radius 1 is 0.738 bits per heavy atom. The Morgan fingerprint density at radius 3 is 2.00 bits per heavy atom. The van der Waals surface area contributed by atoms with Gasteiger partial charge in [0.15, 0.2) is 34.7 Å². The average Bonchev–Trinajstić information content (AvgIpc) is 3.50. The summed E-state index contributed by atoms with van der Waals surface area (Å²) < 4.78 is 26.8. The number of pyridine rings is 1. The van der Waals surface area contributed by atoms with Crippen LogP contribution in [0.4, 0.5) is 5.13 Å². The van der Waals surface area contributed by atoms with E-state index in [1.165, 1.54) is 11.3 Å². The summed E-state index contributed by atoms with van der Waals surface area (Å²) in [6, 6.07) is 19.7. The van der Waals surface area contributed by atoms with Crippen molar-refractivity contribution in [3.8, 4) is 45.5 Å². The molecule has 0 spiro atoms. The van der Waals surface area contributed by atoms with Gasteiger partial charge in [-0.1, -0.05) is 18.2 Å². The number of methoxy groups -OCH3 is 4. The fourth-order valence-corrected chi connectivity index (χ4v) is 5.05. The number of benzene rings is 3. The standard InChI is InChI=1S/C31H27N3O7S/c1-37-25-11-9-18(13-27(25)39-3)23-15-21(20-7-5-6-8-22(20)32-23)30(36)41-16-29(35)34-31-33-24(17-42-31)19-10-12-26(38-2)28(14-19)40-4/h5-15,17H,16H2,1-4H3,(H,33,34,35). The van der Waals surface area contributed by atoms with Crippen LogP contribution in [-0.2, 0) is 9.53 Å². The predicted molar refractivity (Wildman–Crippen MR) is 160 cm³/mol. The number of thiazole rings is 1. The average molecular weight is 586 g/mol. The van der Waals surface area contributed by atoms with Crippen molar-refractivity contribution in [2.45, 2.75) is 0 Å². The number of fused-ring (bicyclic) bond motifs is 1. The summed E-state index contributed by atoms with van der Waals surface area (Å²) in [7, 11) is 6.23. The third kappa shape index (κ3) is 5.96. The minimum absolute atomic E-state index is 0.281. The van der Waals surface area contributed by atoms with E-state index in [9.17, 15) is 9.59 Å². The monoisotopic (exact) mass is 585 g/mol. The van der Waals surface area contributed by atoms with Crippen LogP contribution in [0.25, 0.3) is 33.4 Å². The predicted octanol–water partition coefficient (Wildman–Crippen LogP) is 5.86. The van der Waals surface area contributed by atoms with E-state index < -0.39 is 18.5 Å². The smallest absolute Gasteiger partial charge is 0.339 e. The van der Waals surface area contributed by atoms with Crippen molar-refractivity contribution in [3.63, 3.8) is 0 Å². The third-order valence-electron chi connectivity index (χ3n) is 6.38. The first kappa shape index (κ1) is 28.4. The van der Waals surface area contributed by atoms with E-state index in [-0.39, 0.29) is 5.56 Å². The van der Waals surface area contributed by atoms with Crippen molar-refractivity contribution in [1.29, 1.82) is 0 Å². The van der Waals surface area contributed by atoms with Gasteiger partial charge in [0.2, 0.25) is 0 Å². The van der Waals surface area contributed by atoms with Crippen LogP contribution in [0.2, 0.25) is 0 Å². The molecule has 3 aromatic carbocycles. The lowest BCUT2D eigenvalue weighted by atomic mass is 10.0. The number of nitrogens with one attached hydrogen (secondary N) is 1. The van der Waals surface area contributed by atoms with Gasteiger partial charge in [0.1, 0.15) is 0 Å². The van der Waals surface area contributed by atoms with E-state index in [0.717, 1.165) is 11.1 Å². The maximum atomic E-state index is 13.2. The number of rotatable bonds is 10. The van der Waals surface area contributed by atoms with E-state index >= 15 is 0 Å². The number of anilines is 1. The molecule has 2 aromatic heterocycles. The van der Waals surface area contributed by atoms with Crippen LogP contribution in [0, 0.1) is 0 Å². The zero-order valence-electron chi connectivity index (χ0n) is 23.3. The molecule has 10 nitrogen and oxygen atoms in total. The van der Waals surface area contributed by atoms with Crippen molar-refractivity contribution in [2.24, 2.45) is 0 Å². The molecule has 0 unspecified atom stereocenters. The molecular weight excluding hydrogens is 558 g/mol. The number of nitrogens with zero attached hydrogens (tertiary/aromatic N) is 2. The van der Waals surface area contributed by atoms with Gasteiger partial charge in [-0.25, -0.2) is 14.8 Å². The van der Waals surface area contributed by atoms with Crippen molar-refractivity contribution in [2.75, 3.05) is 40.4 Å². The molecule has 0 fully saturated rings. The molecule has 1 N–H and O–H groups in total. The SMILES string of the molecule is COc1ccc(-c2csc(NC(=O)COC(=O)c3cc(-c4ccc(OC)c(OC)c4)nc4ccccc34)n2)cc1OC. The second-order valence-corrected chi connectivity index (χ2v) is 9.73. The molecule has 0 atom stereocenters. The van der Waals surface area contributed by atoms with Gasteiger partial charge in [0.05, 0.1) is 50.9 Å². The van der Waals surface area contributed by atoms with Gasteiger partial charge < -0.3 is 23.7 Å². The molecule has 0 saturated carbocycles. The van der Waals surface area contributed by atoms with Crippen LogP contribution in [0.15, 0.2) is 72.1 Å². The van der Waals surface area contributed by atoms with Gasteiger partial charge in [-0.3, -0.25) is 10.1 Å². The summed E-state index contributed by atoms with van der Waals surface area (Å²) in [5.74, 6) is 1.10. The third-order valence-corrected chi connectivity index (χ3v) is 7.14. The van der Waals surface area contributed by atoms with Crippen molar-refractivity contribution in [3.05, 3.63) is 77.7 Å². The Hall–Kier alpha value is -5.16. The van der Waals surface area contributed by atoms with E-state index in [4.69, 9.17) is 28.7 Å². The molecule has 0 aliphatic heterocycles. The van der Waals surface area contributed by atoms with Gasteiger partial charge in [-0.05, 0) is 48.5 Å². The van der Waals surface area contributed by atoms with E-state index in [1.54, 1.807) is 64.8 Å². The van der Waals surface area contributed by atoms with E-state index in [2.05, 4.69) is 10.3 Å². The van der Waals surface area contributed by atoms with Gasteiger partial charge in [-0.15, -0.1) is 11.3 Å². The highest BCUT2D eigenvalue weighted by Gasteiger charge is 2.18. The lowest BCUT2D eigenvalue weighted by Gasteiger charge is -2.12. The number of para-hydroxylation sites is 1. The van der Waals surface area contributed by atoms with Crippen LogP contribution in [-0.4, -0.2) is 56.9 Å². The Kier molecular flexibility index (Phi) is 8.49. The van der Waals surface area contributed by atoms with Gasteiger partial charge in [-0.2, -0.15) is 0 Å². The molecule has 5 rings (SSSR count). The highest BCUT2D eigenvalue weighted by atomic mass is 32.1. The molecule has 0 aliphatic rings. The van der Waals surface area contributed by atoms with Crippen LogP contribution < -0.4 is 24.3 Å². The van der Waals surface area contributed by atoms with E-state index in [1.807, 2.05) is 35.7 Å². The fraction of sp³-hybridized carbons (Fsp3) is 0.161. The normalized spacial score (nSPS) is 10.7. The first-order valence-electron chi connectivity index (χ1n) is 12.7. The fourth-order valence-electron chi connectivity index (χ4n) is 4.31. The first-order valence-corrected chi connectivity index (χ1v) is 13.6. The molecule has 214 valence electrons. The Labute approximate surface area is 245 Å². The number of aromatic nitrogens is 2. The molecule has 0 saturated heterocycles. The van der Waals surface area contributed by atoms with Crippen LogP contribution in [0.5, 0.6) is 23.0 Å². The lowest BCUT2D eigenvalue weighted by Crippen LogP contribution is -2.21. The second-order valence-electron chi connectivity index (χ2n) is 8.87. The zero-order chi connectivity index (χ0) is 29.6. The summed E-state index contributed by atoms with van der Waals surface area (Å²) in [6.07, 6.45) is 0. The molecule has 5 aromatic rings. The summed E-state index contributed by atoms with van der Waals surface area (Å²) >= 11 is 1.25. The van der Waals surface area contributed by atoms with Crippen molar-refractivity contribution >= 4 is 39.2 Å². The van der Waals surface area contributed by atoms with Crippen molar-refractivity contribution in [1.82, 2.24) is 9.97 Å². The number of carbonyl (C=O) groups is 2. The maximum Gasteiger partial charge on any atom is 0.339 e. The number of esters is 1. The summed E-state index contributed by atoms with van der Waals surface area (Å²) in [4.78, 5) is 35.1. The van der Waals surface area contributed by atoms with E-state index in [0.29, 0.717) is 50.4 Å². The number of carbonyl (C=O) groups excluding carboxylic acids is 2. The summed E-state index contributed by atoms with van der Waals surface area (Å²) in [6.45, 7) is -0.494. The Balaban J connectivity index is 1.31. The largest absolute Gasteiger partial charge is 0.493 e. The van der Waals surface area contributed by atoms with Gasteiger partial charge in [0, 0.05) is 21.9 Å². The highest BCUT2D eigenvalue weighted by Crippen LogP contribution is 2.34. The maximum absolute atomic E-state index is 13.2. The van der Waals surface area contributed by atoms with Gasteiger partial charge >= 0.3 is 5.97 Å². The Morgan fingerprint density at radius 2 is 1.36 bits per heavy atom. The minimum atomic E-state index is -0.657. The first-order chi connectivity index (χ1) is 20.4. The molecule has 0 aliphatic carbocycles. The summed E-state index contributed by atoms with van der Waals surface area (Å²) in [5, 5.41) is 5.46. The van der Waals surface area contributed by atoms with Crippen LogP contribution in [0.1, 0.15) is 10.4 Å². The molecule has 0 radical (unpaired) electrons. The molecular formula is C31H27N3O7S. The molecule has 0 bridgehead atoms. The topological polar surface area (TPSA) is 118 Å². The Bertz CT molecular complexity index is 1770. The molecule has 1 amide bonds. The molecule has 11 heteroatoms.